The van der Waals surface area contributed by atoms with E-state index < -0.39 is 9.28 Å². The van der Waals surface area contributed by atoms with E-state index in [1.54, 1.807) is 14.2 Å². The molecule has 2 unspecified atom stereocenters. The number of hydrogen-bond acceptors (Lipinski definition) is 6. The molecule has 0 bridgehead atoms. The highest BCUT2D eigenvalue weighted by molar-refractivity contribution is 6.46. The molecule has 0 aromatic carbocycles. The number of nitrogens with two attached hydrogens (primary N) is 3. The monoisotopic (exact) mass is 264 g/mol. The van der Waals surface area contributed by atoms with Crippen molar-refractivity contribution in [1.29, 1.82) is 0 Å². The molecule has 0 aromatic rings. The molecule has 0 aliphatic carbocycles. The van der Waals surface area contributed by atoms with Crippen molar-refractivity contribution in [2.75, 3.05) is 33.9 Å². The van der Waals surface area contributed by atoms with Gasteiger partial charge in [0.25, 0.3) is 0 Å². The lowest BCUT2D eigenvalue weighted by Crippen LogP contribution is -2.44. The second-order valence-electron chi connectivity index (χ2n) is 4.10. The van der Waals surface area contributed by atoms with Gasteiger partial charge in [-0.3, -0.25) is 0 Å². The number of nitrogens with one attached hydrogen (secondary N) is 1. The lowest BCUT2D eigenvalue weighted by atomic mass is 10.1. The van der Waals surface area contributed by atoms with Gasteiger partial charge in [-0.2, -0.15) is 0 Å². The van der Waals surface area contributed by atoms with Crippen LogP contribution in [0, 0.1) is 0 Å². The molecular weight excluding hydrogens is 236 g/mol. The lowest BCUT2D eigenvalue weighted by Gasteiger charge is -2.22. The van der Waals surface area contributed by atoms with E-state index in [2.05, 4.69) is 5.32 Å². The van der Waals surface area contributed by atoms with Crippen LogP contribution in [0.5, 0.6) is 0 Å². The minimum Gasteiger partial charge on any atom is -0.399 e. The molecule has 0 radical (unpaired) electrons. The van der Waals surface area contributed by atoms with Crippen LogP contribution in [0.25, 0.3) is 0 Å². The summed E-state index contributed by atoms with van der Waals surface area (Å²) in [7, 11) is 1.62. The van der Waals surface area contributed by atoms with Crippen molar-refractivity contribution < 1.29 is 8.85 Å². The molecule has 7 heteroatoms. The van der Waals surface area contributed by atoms with E-state index in [4.69, 9.17) is 26.1 Å². The van der Waals surface area contributed by atoms with E-state index in [9.17, 15) is 0 Å². The van der Waals surface area contributed by atoms with Crippen molar-refractivity contribution in [3.63, 3.8) is 0 Å². The molecule has 0 heterocycles. The third kappa shape index (κ3) is 7.82. The third-order valence-corrected chi connectivity index (χ3v) is 4.72. The molecule has 0 fully saturated rings. The molecule has 2 atom stereocenters. The summed E-state index contributed by atoms with van der Waals surface area (Å²) >= 11 is 0. The molecule has 0 aliphatic heterocycles. The second-order valence-corrected chi connectivity index (χ2v) is 6.63. The van der Waals surface area contributed by atoms with Gasteiger partial charge in [-0.15, -0.1) is 0 Å². The Hall–Kier alpha value is -0.0231. The molecule has 6 nitrogen and oxygen atoms in total. The van der Waals surface area contributed by atoms with Crippen molar-refractivity contribution >= 4 is 9.28 Å². The van der Waals surface area contributed by atoms with Gasteiger partial charge < -0.3 is 31.4 Å². The van der Waals surface area contributed by atoms with Crippen molar-refractivity contribution in [3.05, 3.63) is 0 Å². The summed E-state index contributed by atoms with van der Waals surface area (Å²) in [6.07, 6.45) is 2.81. The number of hydrogen-bond donors (Lipinski definition) is 4. The third-order valence-electron chi connectivity index (χ3n) is 2.76. The van der Waals surface area contributed by atoms with Gasteiger partial charge >= 0.3 is 9.28 Å². The largest absolute Gasteiger partial charge is 0.399 e. The van der Waals surface area contributed by atoms with Crippen LogP contribution in [0.15, 0.2) is 0 Å². The minimum absolute atomic E-state index is 0.0185. The summed E-state index contributed by atoms with van der Waals surface area (Å²) in [5.41, 5.74) is 17.1. The average Bonchev–Trinajstić information content (AvgIpc) is 2.34. The molecule has 7 N–H and O–H groups in total. The van der Waals surface area contributed by atoms with Gasteiger partial charge in [0.2, 0.25) is 0 Å². The van der Waals surface area contributed by atoms with Crippen LogP contribution in [0.2, 0.25) is 0 Å². The zero-order chi connectivity index (χ0) is 13.1. The fourth-order valence-corrected chi connectivity index (χ4v) is 3.17. The lowest BCUT2D eigenvalue weighted by molar-refractivity contribution is 0.262. The summed E-state index contributed by atoms with van der Waals surface area (Å²) in [4.78, 5) is 0. The summed E-state index contributed by atoms with van der Waals surface area (Å²) in [5, 5.41) is 3.37. The van der Waals surface area contributed by atoms with E-state index in [1.165, 1.54) is 0 Å². The van der Waals surface area contributed by atoms with Crippen LogP contribution in [0.1, 0.15) is 19.3 Å². The Morgan fingerprint density at radius 1 is 1.06 bits per heavy atom. The first kappa shape index (κ1) is 17.0. The molecule has 104 valence electrons. The Kier molecular flexibility index (Phi) is 11.1. The van der Waals surface area contributed by atoms with Crippen molar-refractivity contribution in [3.8, 4) is 0 Å². The number of rotatable bonds is 11. The quantitative estimate of drug-likeness (QED) is 0.335. The fraction of sp³-hybridized carbons (Fsp3) is 1.00. The predicted molar refractivity (Wildman–Crippen MR) is 72.9 cm³/mol. The van der Waals surface area contributed by atoms with Crippen molar-refractivity contribution in [2.24, 2.45) is 17.2 Å². The Labute approximate surface area is 106 Å². The molecule has 0 saturated heterocycles. The van der Waals surface area contributed by atoms with E-state index in [0.29, 0.717) is 19.1 Å². The Morgan fingerprint density at radius 2 is 1.71 bits per heavy atom. The summed E-state index contributed by atoms with van der Waals surface area (Å²) in [5.74, 6) is 0. The summed E-state index contributed by atoms with van der Waals surface area (Å²) in [6, 6.07) is 0.387. The van der Waals surface area contributed by atoms with Gasteiger partial charge in [0.05, 0.1) is 0 Å². The second kappa shape index (κ2) is 11.1. The SMILES string of the molecule is CO[SiH](OC)C(N)CCC(CCN)NCCN. The van der Waals surface area contributed by atoms with Gasteiger partial charge in [0.1, 0.15) is 0 Å². The zero-order valence-corrected chi connectivity index (χ0v) is 12.2. The highest BCUT2D eigenvalue weighted by atomic mass is 28.3. The first-order valence-corrected chi connectivity index (χ1v) is 7.75. The molecular formula is C10H28N4O2Si. The molecule has 0 saturated carbocycles. The molecule has 0 aromatic heterocycles. The maximum absolute atomic E-state index is 6.04. The van der Waals surface area contributed by atoms with E-state index in [0.717, 1.165) is 25.8 Å². The normalized spacial score (nSPS) is 15.2. The van der Waals surface area contributed by atoms with Gasteiger partial charge in [0, 0.05) is 39.0 Å². The van der Waals surface area contributed by atoms with E-state index in [1.807, 2.05) is 0 Å². The van der Waals surface area contributed by atoms with Gasteiger partial charge in [-0.25, -0.2) is 0 Å². The van der Waals surface area contributed by atoms with E-state index >= 15 is 0 Å². The smallest absolute Gasteiger partial charge is 0.338 e. The standard InChI is InChI=1S/C10H28N4O2Si/c1-15-17(16-2)10(13)4-3-9(5-6-11)14-8-7-12/h9-10,14,17H,3-8,11-13H2,1-2H3. The van der Waals surface area contributed by atoms with Crippen molar-refractivity contribution in [1.82, 2.24) is 5.32 Å². The van der Waals surface area contributed by atoms with Crippen molar-refractivity contribution in [2.45, 2.75) is 31.0 Å². The Bertz CT molecular complexity index is 172. The van der Waals surface area contributed by atoms with Crippen LogP contribution < -0.4 is 22.5 Å². The Balaban J connectivity index is 3.92. The molecule has 0 amide bonds. The minimum atomic E-state index is -1.70. The van der Waals surface area contributed by atoms with Gasteiger partial charge in [-0.1, -0.05) is 0 Å². The summed E-state index contributed by atoms with van der Waals surface area (Å²) in [6.45, 7) is 2.13. The Morgan fingerprint density at radius 3 is 2.18 bits per heavy atom. The molecule has 17 heavy (non-hydrogen) atoms. The maximum Gasteiger partial charge on any atom is 0.338 e. The fourth-order valence-electron chi connectivity index (χ4n) is 1.81. The van der Waals surface area contributed by atoms with Gasteiger partial charge in [0.15, 0.2) is 0 Å². The van der Waals surface area contributed by atoms with E-state index in [-0.39, 0.29) is 5.67 Å². The van der Waals surface area contributed by atoms with Crippen LogP contribution in [-0.4, -0.2) is 54.8 Å². The maximum atomic E-state index is 6.04. The highest BCUT2D eigenvalue weighted by Crippen LogP contribution is 2.06. The zero-order valence-electron chi connectivity index (χ0n) is 11.0. The summed E-state index contributed by atoms with van der Waals surface area (Å²) < 4.78 is 10.5. The first-order chi connectivity index (χ1) is 8.19. The van der Waals surface area contributed by atoms with Crippen LogP contribution in [0.4, 0.5) is 0 Å². The topological polar surface area (TPSA) is 109 Å². The molecule has 0 spiro atoms. The van der Waals surface area contributed by atoms with Crippen LogP contribution >= 0.6 is 0 Å². The average molecular weight is 264 g/mol. The van der Waals surface area contributed by atoms with Crippen LogP contribution in [0.3, 0.4) is 0 Å². The first-order valence-electron chi connectivity index (χ1n) is 6.14. The predicted octanol–water partition coefficient (Wildman–Crippen LogP) is -1.59. The molecule has 0 rings (SSSR count). The highest BCUT2D eigenvalue weighted by Gasteiger charge is 2.21. The van der Waals surface area contributed by atoms with Gasteiger partial charge in [-0.05, 0) is 25.8 Å². The van der Waals surface area contributed by atoms with Crippen LogP contribution in [-0.2, 0) is 8.85 Å². The molecule has 0 aliphatic rings.